The highest BCUT2D eigenvalue weighted by Crippen LogP contribution is 2.35. The van der Waals surface area contributed by atoms with Gasteiger partial charge in [-0.3, -0.25) is 4.79 Å². The van der Waals surface area contributed by atoms with E-state index >= 15 is 0 Å². The van der Waals surface area contributed by atoms with Crippen LogP contribution in [0, 0.1) is 0 Å². The van der Waals surface area contributed by atoms with Crippen LogP contribution < -0.4 is 10.2 Å². The van der Waals surface area contributed by atoms with Gasteiger partial charge < -0.3 is 14.6 Å². The molecule has 0 saturated heterocycles. The Balaban J connectivity index is 1.38. The predicted octanol–water partition coefficient (Wildman–Crippen LogP) is 3.88. The molecule has 3 aromatic rings. The maximum absolute atomic E-state index is 13.1. The zero-order valence-corrected chi connectivity index (χ0v) is 18.1. The van der Waals surface area contributed by atoms with Gasteiger partial charge in [-0.15, -0.1) is 0 Å². The minimum atomic E-state index is -3.30. The van der Waals surface area contributed by atoms with Crippen LogP contribution in [0.2, 0.25) is 0 Å². The van der Waals surface area contributed by atoms with Gasteiger partial charge in [0.05, 0.1) is 35.1 Å². The number of carbonyl (C=O) groups is 1. The fourth-order valence-corrected chi connectivity index (χ4v) is 6.29. The lowest BCUT2D eigenvalue weighted by atomic mass is 10.0. The lowest BCUT2D eigenvalue weighted by Crippen LogP contribution is -2.35. The number of nitrogens with zero attached hydrogens (tertiary/aromatic N) is 1. The monoisotopic (exact) mass is 436 g/mol. The molecule has 2 aliphatic heterocycles. The van der Waals surface area contributed by atoms with Crippen LogP contribution in [0.25, 0.3) is 0 Å². The third kappa shape index (κ3) is 3.53. The number of sulfone groups is 1. The van der Waals surface area contributed by atoms with Crippen LogP contribution in [-0.4, -0.2) is 26.1 Å². The van der Waals surface area contributed by atoms with Crippen LogP contribution in [0.3, 0.4) is 0 Å². The molecule has 1 aromatic heterocycles. The summed E-state index contributed by atoms with van der Waals surface area (Å²) in [6.45, 7) is 2.67. The fourth-order valence-electron chi connectivity index (χ4n) is 4.67. The second kappa shape index (κ2) is 7.57. The summed E-state index contributed by atoms with van der Waals surface area (Å²) in [6.07, 6.45) is 2.86. The Kier molecular flexibility index (Phi) is 4.85. The van der Waals surface area contributed by atoms with Gasteiger partial charge in [0.15, 0.2) is 9.84 Å². The molecular weight excluding hydrogens is 412 g/mol. The van der Waals surface area contributed by atoms with Crippen molar-refractivity contribution in [1.82, 2.24) is 5.32 Å². The molecule has 0 spiro atoms. The summed E-state index contributed by atoms with van der Waals surface area (Å²) < 4.78 is 30.5. The number of furan rings is 1. The van der Waals surface area contributed by atoms with Crippen molar-refractivity contribution >= 4 is 21.4 Å². The molecule has 31 heavy (non-hydrogen) atoms. The summed E-state index contributed by atoms with van der Waals surface area (Å²) in [4.78, 5) is 15.7. The number of carbonyl (C=O) groups excluding carboxylic acids is 1. The third-order valence-corrected chi connectivity index (χ3v) is 8.08. The Morgan fingerprint density at radius 1 is 1.13 bits per heavy atom. The number of anilines is 1. The first kappa shape index (κ1) is 19.9. The van der Waals surface area contributed by atoms with Gasteiger partial charge in [-0.05, 0) is 49.1 Å². The summed E-state index contributed by atoms with van der Waals surface area (Å²) >= 11 is 0. The fraction of sp³-hybridized carbons (Fsp3) is 0.292. The molecule has 0 fully saturated rings. The number of rotatable bonds is 4. The highest BCUT2D eigenvalue weighted by molar-refractivity contribution is 7.91. The topological polar surface area (TPSA) is 79.6 Å². The smallest absolute Gasteiger partial charge is 0.255 e. The Bertz CT molecular complexity index is 1250. The van der Waals surface area contributed by atoms with Gasteiger partial charge in [-0.1, -0.05) is 36.4 Å². The normalized spacial score (nSPS) is 21.4. The molecule has 2 unspecified atom stereocenters. The summed E-state index contributed by atoms with van der Waals surface area (Å²) in [7, 11) is -3.30. The van der Waals surface area contributed by atoms with E-state index in [1.54, 1.807) is 30.3 Å². The molecule has 5 rings (SSSR count). The van der Waals surface area contributed by atoms with Crippen molar-refractivity contribution in [3.05, 3.63) is 83.3 Å². The Labute approximate surface area is 181 Å². The average molecular weight is 437 g/mol. The lowest BCUT2D eigenvalue weighted by molar-refractivity contribution is 0.0932. The minimum Gasteiger partial charge on any atom is -0.467 e. The third-order valence-electron chi connectivity index (χ3n) is 6.26. The largest absolute Gasteiger partial charge is 0.467 e. The van der Waals surface area contributed by atoms with Crippen LogP contribution in [-0.2, 0) is 22.8 Å². The van der Waals surface area contributed by atoms with Crippen LogP contribution >= 0.6 is 0 Å². The molecule has 160 valence electrons. The standard InChI is InChI=1S/C24H24N2O4S/c1-16-14-17-6-2-4-8-21(17)26(16)15-22-19(10-12-30-22)24(27)25-20-11-13-31(28,29)23-9-5-3-7-18(20)23/h2-10,12,16,20H,11,13-15H2,1H3,(H,25,27). The van der Waals surface area contributed by atoms with Gasteiger partial charge in [0, 0.05) is 11.7 Å². The number of hydrogen-bond donors (Lipinski definition) is 1. The van der Waals surface area contributed by atoms with Crippen LogP contribution in [0.5, 0.6) is 0 Å². The molecular formula is C24H24N2O4S. The van der Waals surface area contributed by atoms with Gasteiger partial charge in [0.2, 0.25) is 0 Å². The van der Waals surface area contributed by atoms with E-state index in [0.29, 0.717) is 40.8 Å². The second-order valence-electron chi connectivity index (χ2n) is 8.24. The molecule has 7 heteroatoms. The molecule has 0 saturated carbocycles. The van der Waals surface area contributed by atoms with E-state index in [0.717, 1.165) is 6.42 Å². The van der Waals surface area contributed by atoms with E-state index in [-0.39, 0.29) is 17.7 Å². The SMILES string of the molecule is CC1Cc2ccccc2N1Cc1occc1C(=O)NC1CCS(=O)(=O)c2ccccc21. The molecule has 1 N–H and O–H groups in total. The Morgan fingerprint density at radius 2 is 1.90 bits per heavy atom. The quantitative estimate of drug-likeness (QED) is 0.671. The molecule has 1 amide bonds. The van der Waals surface area contributed by atoms with E-state index < -0.39 is 9.84 Å². The Hall–Kier alpha value is -3.06. The summed E-state index contributed by atoms with van der Waals surface area (Å²) in [5, 5.41) is 3.03. The van der Waals surface area contributed by atoms with Gasteiger partial charge >= 0.3 is 0 Å². The van der Waals surface area contributed by atoms with Crippen LogP contribution in [0.1, 0.15) is 46.6 Å². The van der Waals surface area contributed by atoms with Crippen molar-refractivity contribution in [2.75, 3.05) is 10.7 Å². The molecule has 0 radical (unpaired) electrons. The number of benzene rings is 2. The molecule has 0 aliphatic carbocycles. The first-order valence-corrected chi connectivity index (χ1v) is 12.1. The highest BCUT2D eigenvalue weighted by atomic mass is 32.2. The number of fused-ring (bicyclic) bond motifs is 2. The summed E-state index contributed by atoms with van der Waals surface area (Å²) in [5.41, 5.74) is 3.61. The maximum Gasteiger partial charge on any atom is 0.255 e. The van der Waals surface area contributed by atoms with E-state index in [1.807, 2.05) is 12.1 Å². The Morgan fingerprint density at radius 3 is 2.77 bits per heavy atom. The number of amides is 1. The van der Waals surface area contributed by atoms with E-state index in [9.17, 15) is 13.2 Å². The minimum absolute atomic E-state index is 0.0231. The first-order chi connectivity index (χ1) is 14.9. The first-order valence-electron chi connectivity index (χ1n) is 10.5. The molecule has 3 heterocycles. The van der Waals surface area contributed by atoms with Gasteiger partial charge in [-0.2, -0.15) is 0 Å². The molecule has 2 aliphatic rings. The van der Waals surface area contributed by atoms with Crippen molar-refractivity contribution in [3.8, 4) is 0 Å². The van der Waals surface area contributed by atoms with Gasteiger partial charge in [0.1, 0.15) is 5.76 Å². The van der Waals surface area contributed by atoms with Crippen molar-refractivity contribution in [2.45, 2.75) is 43.3 Å². The summed E-state index contributed by atoms with van der Waals surface area (Å²) in [6, 6.07) is 16.8. The number of para-hydroxylation sites is 1. The van der Waals surface area contributed by atoms with Crippen LogP contribution in [0.15, 0.2) is 70.2 Å². The van der Waals surface area contributed by atoms with Gasteiger partial charge in [-0.25, -0.2) is 8.42 Å². The number of nitrogens with one attached hydrogen (secondary N) is 1. The molecule has 0 bridgehead atoms. The van der Waals surface area contributed by atoms with Crippen LogP contribution in [0.4, 0.5) is 5.69 Å². The van der Waals surface area contributed by atoms with Crippen molar-refractivity contribution in [2.24, 2.45) is 0 Å². The highest BCUT2D eigenvalue weighted by Gasteiger charge is 2.32. The van der Waals surface area contributed by atoms with E-state index in [2.05, 4.69) is 29.3 Å². The number of hydrogen-bond acceptors (Lipinski definition) is 5. The van der Waals surface area contributed by atoms with Crippen molar-refractivity contribution < 1.29 is 17.6 Å². The molecule has 6 nitrogen and oxygen atoms in total. The second-order valence-corrected chi connectivity index (χ2v) is 10.3. The van der Waals surface area contributed by atoms with Gasteiger partial charge in [0.25, 0.3) is 5.91 Å². The lowest BCUT2D eigenvalue weighted by Gasteiger charge is -2.27. The van der Waals surface area contributed by atoms with Crippen molar-refractivity contribution in [3.63, 3.8) is 0 Å². The zero-order valence-electron chi connectivity index (χ0n) is 17.2. The van der Waals surface area contributed by atoms with E-state index in [4.69, 9.17) is 4.42 Å². The van der Waals surface area contributed by atoms with Crippen molar-refractivity contribution in [1.29, 1.82) is 0 Å². The maximum atomic E-state index is 13.1. The average Bonchev–Trinajstić information content (AvgIpc) is 3.35. The molecule has 2 aromatic carbocycles. The summed E-state index contributed by atoms with van der Waals surface area (Å²) in [5.74, 6) is 0.385. The predicted molar refractivity (Wildman–Crippen MR) is 118 cm³/mol. The van der Waals surface area contributed by atoms with E-state index in [1.165, 1.54) is 17.5 Å². The zero-order chi connectivity index (χ0) is 21.6. The molecule has 2 atom stereocenters.